The van der Waals surface area contributed by atoms with Gasteiger partial charge < -0.3 is 10.0 Å². The van der Waals surface area contributed by atoms with E-state index in [1.54, 1.807) is 6.20 Å². The molecule has 0 spiro atoms. The number of fused-ring (bicyclic) bond motifs is 2. The standard InChI is InChI=1S/C34H36N4O3S/c1-34(2,3)42(41)38-22-28-19-29(33(40)37-16-13-23-8-4-5-9-27(23)21-37)36-32(31(28)30(38)14-17-39)25-11-6-10-24(18-25)26-12-7-15-35-20-26/h4-12,15,18-20,30,39H,13-14,16-17,21-22H2,1-3H3/t30-,42-/m1/s1. The summed E-state index contributed by atoms with van der Waals surface area (Å²) in [4.78, 5) is 25.2. The molecule has 4 heterocycles. The van der Waals surface area contributed by atoms with Gasteiger partial charge >= 0.3 is 0 Å². The molecule has 0 radical (unpaired) electrons. The van der Waals surface area contributed by atoms with Crippen molar-refractivity contribution in [3.8, 4) is 22.4 Å². The van der Waals surface area contributed by atoms with Crippen LogP contribution in [-0.4, -0.2) is 52.3 Å². The third kappa shape index (κ3) is 5.42. The SMILES string of the molecule is CC(C)(C)[S@@](=O)N1Cc2cc(C(=O)N3CCc4ccccc4C3)nc(-c3cccc(-c4cccnc4)c3)c2[C@H]1CCO. The number of carbonyl (C=O) groups is 1. The lowest BCUT2D eigenvalue weighted by Crippen LogP contribution is -2.36. The number of aromatic nitrogens is 2. The first-order valence-corrected chi connectivity index (χ1v) is 15.6. The number of hydrogen-bond donors (Lipinski definition) is 1. The molecule has 1 N–H and O–H groups in total. The van der Waals surface area contributed by atoms with Gasteiger partial charge in [0.05, 0.1) is 16.5 Å². The van der Waals surface area contributed by atoms with Crippen molar-refractivity contribution in [2.75, 3.05) is 13.2 Å². The second-order valence-corrected chi connectivity index (χ2v) is 14.2. The molecule has 0 aliphatic carbocycles. The van der Waals surface area contributed by atoms with Gasteiger partial charge in [-0.15, -0.1) is 0 Å². The van der Waals surface area contributed by atoms with Gasteiger partial charge in [0.2, 0.25) is 0 Å². The van der Waals surface area contributed by atoms with Crippen molar-refractivity contribution >= 4 is 16.9 Å². The van der Waals surface area contributed by atoms with E-state index in [1.807, 2.05) is 84.7 Å². The van der Waals surface area contributed by atoms with E-state index >= 15 is 0 Å². The van der Waals surface area contributed by atoms with Crippen LogP contribution in [0.15, 0.2) is 79.1 Å². The molecule has 2 aliphatic rings. The molecular weight excluding hydrogens is 544 g/mol. The van der Waals surface area contributed by atoms with E-state index in [-0.39, 0.29) is 18.6 Å². The molecule has 0 bridgehead atoms. The van der Waals surface area contributed by atoms with Crippen molar-refractivity contribution in [2.24, 2.45) is 0 Å². The van der Waals surface area contributed by atoms with Gasteiger partial charge in [-0.05, 0) is 74.1 Å². The zero-order valence-electron chi connectivity index (χ0n) is 24.3. The number of rotatable bonds is 6. The second kappa shape index (κ2) is 11.5. The maximum Gasteiger partial charge on any atom is 0.272 e. The molecule has 0 fully saturated rings. The Hall–Kier alpha value is -3.72. The first kappa shape index (κ1) is 28.4. The molecule has 2 aromatic carbocycles. The van der Waals surface area contributed by atoms with Crippen LogP contribution >= 0.6 is 0 Å². The van der Waals surface area contributed by atoms with Crippen molar-refractivity contribution in [2.45, 2.75) is 57.5 Å². The fourth-order valence-electron chi connectivity index (χ4n) is 6.01. The molecule has 6 rings (SSSR count). The van der Waals surface area contributed by atoms with Crippen LogP contribution in [0, 0.1) is 0 Å². The van der Waals surface area contributed by atoms with Gasteiger partial charge in [0.1, 0.15) is 16.7 Å². The lowest BCUT2D eigenvalue weighted by atomic mass is 9.94. The minimum absolute atomic E-state index is 0.0506. The van der Waals surface area contributed by atoms with Crippen molar-refractivity contribution in [3.63, 3.8) is 0 Å². The lowest BCUT2D eigenvalue weighted by Gasteiger charge is -2.30. The first-order chi connectivity index (χ1) is 20.2. The highest BCUT2D eigenvalue weighted by Gasteiger charge is 2.40. The van der Waals surface area contributed by atoms with Crippen LogP contribution < -0.4 is 0 Å². The van der Waals surface area contributed by atoms with E-state index in [2.05, 4.69) is 23.2 Å². The Balaban J connectivity index is 1.47. The topological polar surface area (TPSA) is 86.6 Å². The van der Waals surface area contributed by atoms with E-state index in [9.17, 15) is 14.1 Å². The molecular formula is C34H36N4O3S. The van der Waals surface area contributed by atoms with Crippen LogP contribution in [0.4, 0.5) is 0 Å². The molecule has 8 heteroatoms. The number of nitrogens with zero attached hydrogens (tertiary/aromatic N) is 4. The Bertz CT molecular complexity index is 1650. The monoisotopic (exact) mass is 580 g/mol. The Morgan fingerprint density at radius 2 is 1.71 bits per heavy atom. The summed E-state index contributed by atoms with van der Waals surface area (Å²) in [6.45, 7) is 7.43. The maximum atomic E-state index is 14.0. The third-order valence-electron chi connectivity index (χ3n) is 8.06. The van der Waals surface area contributed by atoms with Crippen LogP contribution in [0.3, 0.4) is 0 Å². The molecule has 0 unspecified atom stereocenters. The highest BCUT2D eigenvalue weighted by atomic mass is 32.2. The van der Waals surface area contributed by atoms with Gasteiger partial charge in [-0.3, -0.25) is 9.78 Å². The van der Waals surface area contributed by atoms with E-state index in [4.69, 9.17) is 4.98 Å². The summed E-state index contributed by atoms with van der Waals surface area (Å²) in [6.07, 6.45) is 4.80. The van der Waals surface area contributed by atoms with Gasteiger partial charge in [-0.1, -0.05) is 48.5 Å². The fourth-order valence-corrected chi connectivity index (χ4v) is 7.41. The molecule has 0 saturated heterocycles. The summed E-state index contributed by atoms with van der Waals surface area (Å²) in [6, 6.07) is 21.9. The van der Waals surface area contributed by atoms with Crippen LogP contribution in [0.1, 0.15) is 66.0 Å². The number of aliphatic hydroxyl groups is 1. The van der Waals surface area contributed by atoms with Crippen molar-refractivity contribution < 1.29 is 14.1 Å². The Kier molecular flexibility index (Phi) is 7.79. The quantitative estimate of drug-likeness (QED) is 0.316. The number of pyridine rings is 2. The molecule has 2 aromatic heterocycles. The number of hydrogen-bond acceptors (Lipinski definition) is 5. The Morgan fingerprint density at radius 1 is 0.952 bits per heavy atom. The first-order valence-electron chi connectivity index (χ1n) is 14.4. The highest BCUT2D eigenvalue weighted by Crippen LogP contribution is 2.44. The lowest BCUT2D eigenvalue weighted by molar-refractivity contribution is 0.0728. The fraction of sp³-hybridized carbons (Fsp3) is 0.324. The van der Waals surface area contributed by atoms with E-state index in [0.717, 1.165) is 39.8 Å². The summed E-state index contributed by atoms with van der Waals surface area (Å²) in [5.41, 5.74) is 8.25. The molecule has 4 aromatic rings. The van der Waals surface area contributed by atoms with Gasteiger partial charge in [0.25, 0.3) is 5.91 Å². The van der Waals surface area contributed by atoms with Crippen LogP contribution in [0.5, 0.6) is 0 Å². The predicted molar refractivity (Wildman–Crippen MR) is 166 cm³/mol. The van der Waals surface area contributed by atoms with Crippen LogP contribution in [0.25, 0.3) is 22.4 Å². The molecule has 2 atom stereocenters. The number of amides is 1. The largest absolute Gasteiger partial charge is 0.396 e. The van der Waals surface area contributed by atoms with E-state index < -0.39 is 15.7 Å². The number of carbonyl (C=O) groups excluding carboxylic acids is 1. The zero-order chi connectivity index (χ0) is 29.4. The average Bonchev–Trinajstić information content (AvgIpc) is 3.37. The summed E-state index contributed by atoms with van der Waals surface area (Å²) in [5, 5.41) is 10.1. The number of benzene rings is 2. The normalized spacial score (nSPS) is 17.5. The summed E-state index contributed by atoms with van der Waals surface area (Å²) in [7, 11) is -1.32. The minimum atomic E-state index is -1.32. The Labute approximate surface area is 249 Å². The molecule has 0 saturated carbocycles. The maximum absolute atomic E-state index is 14.0. The molecule has 1 amide bonds. The molecule has 216 valence electrons. The molecule has 42 heavy (non-hydrogen) atoms. The Morgan fingerprint density at radius 3 is 2.45 bits per heavy atom. The zero-order valence-corrected chi connectivity index (χ0v) is 25.1. The molecule has 2 aliphatic heterocycles. The number of aliphatic hydroxyl groups excluding tert-OH is 1. The highest BCUT2D eigenvalue weighted by molar-refractivity contribution is 7.84. The minimum Gasteiger partial charge on any atom is -0.396 e. The summed E-state index contributed by atoms with van der Waals surface area (Å²) >= 11 is 0. The van der Waals surface area contributed by atoms with Crippen molar-refractivity contribution in [3.05, 3.63) is 107 Å². The van der Waals surface area contributed by atoms with Gasteiger partial charge in [0.15, 0.2) is 0 Å². The van der Waals surface area contributed by atoms with Gasteiger partial charge in [-0.2, -0.15) is 0 Å². The van der Waals surface area contributed by atoms with Crippen molar-refractivity contribution in [1.82, 2.24) is 19.2 Å². The predicted octanol–water partition coefficient (Wildman–Crippen LogP) is 5.71. The van der Waals surface area contributed by atoms with E-state index in [0.29, 0.717) is 37.4 Å². The van der Waals surface area contributed by atoms with Crippen molar-refractivity contribution in [1.29, 1.82) is 0 Å². The second-order valence-electron chi connectivity index (χ2n) is 12.0. The van der Waals surface area contributed by atoms with Crippen LogP contribution in [0.2, 0.25) is 0 Å². The van der Waals surface area contributed by atoms with Gasteiger partial charge in [0, 0.05) is 55.3 Å². The third-order valence-corrected chi connectivity index (χ3v) is 9.92. The summed E-state index contributed by atoms with van der Waals surface area (Å²) in [5.74, 6) is -0.105. The summed E-state index contributed by atoms with van der Waals surface area (Å²) < 4.78 is 15.2. The molecule has 7 nitrogen and oxygen atoms in total. The van der Waals surface area contributed by atoms with E-state index in [1.165, 1.54) is 5.56 Å². The smallest absolute Gasteiger partial charge is 0.272 e. The van der Waals surface area contributed by atoms with Crippen LogP contribution in [-0.2, 0) is 30.5 Å². The van der Waals surface area contributed by atoms with Gasteiger partial charge in [-0.25, -0.2) is 13.5 Å². The average molecular weight is 581 g/mol.